The molecule has 2 aliphatic rings. The largest absolute Gasteiger partial charge is 0.339 e. The van der Waals surface area contributed by atoms with Crippen LogP contribution in [0.1, 0.15) is 31.4 Å². The summed E-state index contributed by atoms with van der Waals surface area (Å²) in [6.45, 7) is 3.33. The molecular formula is C17H25FN4O3S. The molecule has 26 heavy (non-hydrogen) atoms. The van der Waals surface area contributed by atoms with Gasteiger partial charge in [0.15, 0.2) is 0 Å². The molecule has 1 amide bonds. The average molecular weight is 384 g/mol. The zero-order valence-electron chi connectivity index (χ0n) is 14.8. The van der Waals surface area contributed by atoms with Crippen LogP contribution < -0.4 is 10.9 Å². The number of carbonyl (C=O) groups excluding carboxylic acids is 1. The van der Waals surface area contributed by atoms with Gasteiger partial charge in [0.2, 0.25) is 15.9 Å². The Bertz CT molecular complexity index is 733. The van der Waals surface area contributed by atoms with Crippen LogP contribution in [0.5, 0.6) is 0 Å². The van der Waals surface area contributed by atoms with E-state index >= 15 is 0 Å². The highest BCUT2D eigenvalue weighted by molar-refractivity contribution is 7.89. The number of carbonyl (C=O) groups is 1. The first-order valence-electron chi connectivity index (χ1n) is 8.94. The molecule has 2 aliphatic heterocycles. The van der Waals surface area contributed by atoms with Crippen LogP contribution in [-0.4, -0.2) is 61.5 Å². The van der Waals surface area contributed by atoms with Crippen molar-refractivity contribution in [1.29, 1.82) is 0 Å². The predicted octanol–water partition coefficient (Wildman–Crippen LogP) is 0.617. The van der Waals surface area contributed by atoms with Gasteiger partial charge >= 0.3 is 0 Å². The van der Waals surface area contributed by atoms with Crippen LogP contribution in [0.4, 0.5) is 4.39 Å². The normalized spacial score (nSPS) is 24.8. The summed E-state index contributed by atoms with van der Waals surface area (Å²) in [5.41, 5.74) is 7.02. The Labute approximate surface area is 153 Å². The number of benzene rings is 1. The van der Waals surface area contributed by atoms with Gasteiger partial charge in [-0.05, 0) is 30.5 Å². The first kappa shape index (κ1) is 19.2. The van der Waals surface area contributed by atoms with Gasteiger partial charge in [-0.25, -0.2) is 23.7 Å². The van der Waals surface area contributed by atoms with Crippen molar-refractivity contribution in [2.24, 2.45) is 0 Å². The SMILES string of the molecule is CCCS(=O)(=O)N1CCN(C(=O)C2CC(c3ccc(F)cc3)NN2)CC1. The lowest BCUT2D eigenvalue weighted by Crippen LogP contribution is -2.54. The first-order valence-corrected chi connectivity index (χ1v) is 10.5. The maximum atomic E-state index is 13.0. The second kappa shape index (κ2) is 7.99. The average Bonchev–Trinajstić information content (AvgIpc) is 3.12. The van der Waals surface area contributed by atoms with Crippen molar-refractivity contribution in [3.8, 4) is 0 Å². The number of hydrogen-bond donors (Lipinski definition) is 2. The fraction of sp³-hybridized carbons (Fsp3) is 0.588. The highest BCUT2D eigenvalue weighted by Crippen LogP contribution is 2.23. The fourth-order valence-electron chi connectivity index (χ4n) is 3.43. The molecule has 2 atom stereocenters. The number of piperazine rings is 1. The van der Waals surface area contributed by atoms with Crippen molar-refractivity contribution in [3.05, 3.63) is 35.6 Å². The molecule has 0 spiro atoms. The van der Waals surface area contributed by atoms with Crippen molar-refractivity contribution in [3.63, 3.8) is 0 Å². The number of sulfonamides is 1. The van der Waals surface area contributed by atoms with E-state index in [2.05, 4.69) is 10.9 Å². The monoisotopic (exact) mass is 384 g/mol. The highest BCUT2D eigenvalue weighted by Gasteiger charge is 2.35. The topological polar surface area (TPSA) is 81.8 Å². The molecule has 144 valence electrons. The fourth-order valence-corrected chi connectivity index (χ4v) is 4.92. The summed E-state index contributed by atoms with van der Waals surface area (Å²) in [5, 5.41) is 0. The molecule has 9 heteroatoms. The minimum atomic E-state index is -3.21. The van der Waals surface area contributed by atoms with Crippen molar-refractivity contribution < 1.29 is 17.6 Å². The Morgan fingerprint density at radius 3 is 2.42 bits per heavy atom. The van der Waals surface area contributed by atoms with Crippen LogP contribution in [0.2, 0.25) is 0 Å². The van der Waals surface area contributed by atoms with Gasteiger partial charge in [0, 0.05) is 32.2 Å². The zero-order chi connectivity index (χ0) is 18.7. The van der Waals surface area contributed by atoms with E-state index in [1.54, 1.807) is 17.0 Å². The van der Waals surface area contributed by atoms with Gasteiger partial charge in [0.25, 0.3) is 0 Å². The number of nitrogens with zero attached hydrogens (tertiary/aromatic N) is 2. The van der Waals surface area contributed by atoms with Gasteiger partial charge in [-0.15, -0.1) is 0 Å². The van der Waals surface area contributed by atoms with Crippen LogP contribution in [-0.2, 0) is 14.8 Å². The number of hydrazine groups is 1. The third kappa shape index (κ3) is 4.22. The lowest BCUT2D eigenvalue weighted by atomic mass is 10.0. The van der Waals surface area contributed by atoms with Gasteiger partial charge in [-0.2, -0.15) is 4.31 Å². The van der Waals surface area contributed by atoms with E-state index in [1.165, 1.54) is 16.4 Å². The number of rotatable bonds is 5. The number of amides is 1. The lowest BCUT2D eigenvalue weighted by molar-refractivity contribution is -0.134. The molecule has 1 aromatic rings. The van der Waals surface area contributed by atoms with Crippen molar-refractivity contribution in [1.82, 2.24) is 20.1 Å². The van der Waals surface area contributed by atoms with Crippen molar-refractivity contribution in [2.75, 3.05) is 31.9 Å². The third-order valence-corrected chi connectivity index (χ3v) is 6.96. The molecule has 2 fully saturated rings. The first-order chi connectivity index (χ1) is 12.4. The van der Waals surface area contributed by atoms with Crippen LogP contribution in [0, 0.1) is 5.82 Å². The molecule has 0 aliphatic carbocycles. The Hall–Kier alpha value is -1.55. The molecular weight excluding hydrogens is 359 g/mol. The number of halogens is 1. The van der Waals surface area contributed by atoms with Gasteiger partial charge in [-0.3, -0.25) is 4.79 Å². The zero-order valence-corrected chi connectivity index (χ0v) is 15.6. The van der Waals surface area contributed by atoms with Crippen LogP contribution in [0.15, 0.2) is 24.3 Å². The minimum absolute atomic E-state index is 0.0327. The van der Waals surface area contributed by atoms with E-state index in [9.17, 15) is 17.6 Å². The lowest BCUT2D eigenvalue weighted by Gasteiger charge is -2.35. The summed E-state index contributed by atoms with van der Waals surface area (Å²) in [6.07, 6.45) is 1.16. The Balaban J connectivity index is 1.54. The Morgan fingerprint density at radius 1 is 1.15 bits per heavy atom. The third-order valence-electron chi connectivity index (χ3n) is 4.88. The number of hydrogen-bond acceptors (Lipinski definition) is 5. The quantitative estimate of drug-likeness (QED) is 0.778. The molecule has 2 unspecified atom stereocenters. The van der Waals surface area contributed by atoms with E-state index in [-0.39, 0.29) is 29.6 Å². The summed E-state index contributed by atoms with van der Waals surface area (Å²) in [6, 6.07) is 5.79. The van der Waals surface area contributed by atoms with E-state index < -0.39 is 10.0 Å². The van der Waals surface area contributed by atoms with E-state index in [4.69, 9.17) is 0 Å². The Kier molecular flexibility index (Phi) is 5.91. The second-order valence-corrected chi connectivity index (χ2v) is 8.81. The summed E-state index contributed by atoms with van der Waals surface area (Å²) in [7, 11) is -3.21. The summed E-state index contributed by atoms with van der Waals surface area (Å²) in [5.74, 6) is -0.174. The molecule has 2 saturated heterocycles. The molecule has 0 radical (unpaired) electrons. The molecule has 2 heterocycles. The molecule has 1 aromatic carbocycles. The molecule has 3 rings (SSSR count). The van der Waals surface area contributed by atoms with E-state index in [0.717, 1.165) is 5.56 Å². The van der Waals surface area contributed by atoms with E-state index in [0.29, 0.717) is 39.0 Å². The van der Waals surface area contributed by atoms with Gasteiger partial charge in [0.05, 0.1) is 5.75 Å². The van der Waals surface area contributed by atoms with Crippen LogP contribution >= 0.6 is 0 Å². The van der Waals surface area contributed by atoms with Crippen molar-refractivity contribution in [2.45, 2.75) is 31.8 Å². The molecule has 7 nitrogen and oxygen atoms in total. The maximum absolute atomic E-state index is 13.0. The van der Waals surface area contributed by atoms with Crippen molar-refractivity contribution >= 4 is 15.9 Å². The van der Waals surface area contributed by atoms with Crippen LogP contribution in [0.3, 0.4) is 0 Å². The van der Waals surface area contributed by atoms with Gasteiger partial charge in [-0.1, -0.05) is 19.1 Å². The van der Waals surface area contributed by atoms with Gasteiger partial charge in [0.1, 0.15) is 11.9 Å². The van der Waals surface area contributed by atoms with E-state index in [1.807, 2.05) is 6.92 Å². The minimum Gasteiger partial charge on any atom is -0.339 e. The maximum Gasteiger partial charge on any atom is 0.241 e. The standard InChI is InChI=1S/C17H25FN4O3S/c1-2-11-26(24,25)22-9-7-21(8-10-22)17(23)16-12-15(19-20-16)13-3-5-14(18)6-4-13/h3-6,15-16,19-20H,2,7-12H2,1H3. The molecule has 0 bridgehead atoms. The summed E-state index contributed by atoms with van der Waals surface area (Å²) < 4.78 is 38.7. The number of nitrogens with one attached hydrogen (secondary N) is 2. The second-order valence-electron chi connectivity index (χ2n) is 6.72. The molecule has 0 aromatic heterocycles. The smallest absolute Gasteiger partial charge is 0.241 e. The summed E-state index contributed by atoms with van der Waals surface area (Å²) in [4.78, 5) is 14.4. The predicted molar refractivity (Wildman–Crippen MR) is 96.0 cm³/mol. The van der Waals surface area contributed by atoms with Gasteiger partial charge < -0.3 is 4.90 Å². The molecule has 0 saturated carbocycles. The van der Waals surface area contributed by atoms with Crippen LogP contribution in [0.25, 0.3) is 0 Å². The highest BCUT2D eigenvalue weighted by atomic mass is 32.2. The molecule has 2 N–H and O–H groups in total. The Morgan fingerprint density at radius 2 is 1.81 bits per heavy atom. The summed E-state index contributed by atoms with van der Waals surface area (Å²) >= 11 is 0.